The highest BCUT2D eigenvalue weighted by Crippen LogP contribution is 2.54. The van der Waals surface area contributed by atoms with E-state index in [9.17, 15) is 38.4 Å². The van der Waals surface area contributed by atoms with Crippen LogP contribution in [-0.2, 0) is 60.4 Å². The molecule has 6 fully saturated rings. The molecule has 8 aliphatic rings. The molecule has 7 heterocycles. The number of likely N-dealkylation sites (tertiary alicyclic amines) is 3. The summed E-state index contributed by atoms with van der Waals surface area (Å²) in [6.07, 6.45) is 13.0. The molecule has 0 spiro atoms. The molecule has 20 rings (SSSR count). The Morgan fingerprint density at radius 3 is 1.29 bits per heavy atom. The lowest BCUT2D eigenvalue weighted by Gasteiger charge is -2.36. The molecule has 10 aromatic carbocycles. The quantitative estimate of drug-likeness (QED) is 0.0310. The molecule has 3 saturated carbocycles. The monoisotopic (exact) mass is 1790 g/mol. The summed E-state index contributed by atoms with van der Waals surface area (Å²) in [4.78, 5) is 133. The maximum absolute atomic E-state index is 14.4. The minimum atomic E-state index is -1.13. The number of alkyl carbamates (subject to hydrolysis) is 4. The fourth-order valence-corrected chi connectivity index (χ4v) is 21.5. The maximum atomic E-state index is 14.4. The van der Waals surface area contributed by atoms with Crippen LogP contribution in [0.4, 0.5) is 30.6 Å². The second-order valence-corrected chi connectivity index (χ2v) is 36.0. The lowest BCUT2D eigenvalue weighted by atomic mass is 9.88. The second kappa shape index (κ2) is 38.7. The van der Waals surface area contributed by atoms with Gasteiger partial charge in [0.15, 0.2) is 6.04 Å². The molecule has 0 radical (unpaired) electrons. The first-order chi connectivity index (χ1) is 64.6. The molecule has 5 aliphatic heterocycles. The van der Waals surface area contributed by atoms with Crippen LogP contribution in [0, 0.1) is 17.8 Å². The molecule has 7 amide bonds. The molecule has 28 heteroatoms. The standard InChI is InChI=1S/C52H53N7O7.C43H45N5O4.C10H11NO4/c1-29(64-2)45(56-51(62)65-3)49(60)58-22-8-11-44(58)42-27-40-39-20-17-34(24-35(39)18-21-41(40)54-42)31-12-13-33-25-36(15-14-32(33)23-31)43-28-53-48(55-43)47-37-16-19-38(26-37)59(47)50(61)46(57-52(63)66-4)30-9-6-5-7-10-30;1-24(51-2)40(47-43(50)52-3)42(49)48-16-4-5-39(48)37-22-35-33-14-12-29(20-31(33)13-15-36(35)45-37)26-8-9-28-21-32(11-10-27(28)19-26)38-23-44-41(46-38)34-18-25-6-7-30(34)17-25;1-15-10(14)11-8(9(12)13)7-5-3-2-4-6-7/h5-7,9-10,12-15,17-18,20-21,23-25,28-29,37-38,44-47H,8,11,16,19,22,26-27H2,1-4H3,(H,53,55)(H,56,62)(H,57,63);8-15,19-21,23-25,30,34,39-40H,4-7,16-18,22H2,1-3H3,(H,44,46)(H,47,50);2-6,8H,1H3,(H,11,14)(H,12,13)/t29-,37+,38-,44+,45+,46-,47+;24-,25-,30+,34+,39+,40+;8-/m111/s1. The Labute approximate surface area is 770 Å². The third kappa shape index (κ3) is 18.3. The number of piperidine rings is 1. The van der Waals surface area contributed by atoms with Crippen molar-refractivity contribution in [3.8, 4) is 44.8 Å². The molecular formula is C105H109N13O15. The number of aliphatic carboxylic acids is 1. The number of carboxylic acid groups (broad SMARTS) is 1. The first-order valence-electron chi connectivity index (χ1n) is 45.8. The highest BCUT2D eigenvalue weighted by Gasteiger charge is 2.52. The van der Waals surface area contributed by atoms with Crippen LogP contribution >= 0.6 is 0 Å². The number of ether oxygens (including phenoxy) is 6. The fourth-order valence-electron chi connectivity index (χ4n) is 21.5. The van der Waals surface area contributed by atoms with Crippen LogP contribution in [0.3, 0.4) is 0 Å². The van der Waals surface area contributed by atoms with Crippen LogP contribution in [0.5, 0.6) is 0 Å². The van der Waals surface area contributed by atoms with Gasteiger partial charge in [-0.15, -0.1) is 0 Å². The summed E-state index contributed by atoms with van der Waals surface area (Å²) < 4.78 is 29.8. The Morgan fingerprint density at radius 2 is 0.835 bits per heavy atom. The van der Waals surface area contributed by atoms with Gasteiger partial charge in [0.05, 0.1) is 93.9 Å². The van der Waals surface area contributed by atoms with E-state index in [2.05, 4.69) is 169 Å². The zero-order chi connectivity index (χ0) is 92.4. The minimum Gasteiger partial charge on any atom is -0.479 e. The van der Waals surface area contributed by atoms with Crippen molar-refractivity contribution < 1.29 is 71.9 Å². The van der Waals surface area contributed by atoms with Crippen LogP contribution in [-0.4, -0.2) is 197 Å². The molecule has 2 aromatic heterocycles. The molecule has 0 unspecified atom stereocenters. The average Bonchev–Trinajstić information content (AvgIpc) is 1.60. The Balaban J connectivity index is 0.000000157. The van der Waals surface area contributed by atoms with Gasteiger partial charge < -0.3 is 79.5 Å². The molecule has 28 nitrogen and oxygen atoms in total. The van der Waals surface area contributed by atoms with E-state index in [4.69, 9.17) is 48.7 Å². The van der Waals surface area contributed by atoms with Crippen LogP contribution in [0.2, 0.25) is 0 Å². The number of nitrogens with zero attached hydrogens (tertiary/aromatic N) is 7. The number of imidazole rings is 2. The van der Waals surface area contributed by atoms with E-state index < -0.39 is 66.7 Å². The van der Waals surface area contributed by atoms with Crippen molar-refractivity contribution in [2.45, 2.75) is 164 Å². The molecule has 3 saturated heterocycles. The highest BCUT2D eigenvalue weighted by molar-refractivity contribution is 6.08. The number of carbonyl (C=O) groups excluding carboxylic acids is 7. The van der Waals surface area contributed by atoms with Crippen molar-refractivity contribution in [2.24, 2.45) is 27.7 Å². The number of fused-ring (bicyclic) bond motifs is 12. The van der Waals surface area contributed by atoms with Gasteiger partial charge in [0.25, 0.3) is 5.91 Å². The number of hydrogen-bond donors (Lipinski definition) is 7. The molecule has 684 valence electrons. The van der Waals surface area contributed by atoms with Gasteiger partial charge in [-0.05, 0) is 232 Å². The van der Waals surface area contributed by atoms with E-state index in [1.807, 2.05) is 57.4 Å². The molecule has 12 aromatic rings. The summed E-state index contributed by atoms with van der Waals surface area (Å²) in [6, 6.07) is 61.6. The number of carboxylic acids is 1. The number of nitrogens with one attached hydrogen (secondary N) is 6. The number of carbonyl (C=O) groups is 8. The predicted molar refractivity (Wildman–Crippen MR) is 508 cm³/mol. The maximum Gasteiger partial charge on any atom is 0.407 e. The van der Waals surface area contributed by atoms with E-state index in [1.165, 1.54) is 118 Å². The zero-order valence-electron chi connectivity index (χ0n) is 75.6. The van der Waals surface area contributed by atoms with Crippen molar-refractivity contribution in [3.63, 3.8) is 0 Å². The van der Waals surface area contributed by atoms with Crippen molar-refractivity contribution in [3.05, 3.63) is 240 Å². The summed E-state index contributed by atoms with van der Waals surface area (Å²) in [5, 5.41) is 28.5. The summed E-state index contributed by atoms with van der Waals surface area (Å²) in [6.45, 7) is 4.72. The highest BCUT2D eigenvalue weighted by atomic mass is 16.6. The Bertz CT molecular complexity index is 6530. The Hall–Kier alpha value is -14.1. The second-order valence-electron chi connectivity index (χ2n) is 36.0. The van der Waals surface area contributed by atoms with Crippen LogP contribution < -0.4 is 21.3 Å². The number of amides is 7. The lowest BCUT2D eigenvalue weighted by Crippen LogP contribution is -2.56. The Morgan fingerprint density at radius 1 is 0.421 bits per heavy atom. The van der Waals surface area contributed by atoms with Crippen molar-refractivity contribution in [1.82, 2.24) is 55.9 Å². The first-order valence-corrected chi connectivity index (χ1v) is 45.8. The average molecular weight is 1790 g/mol. The zero-order valence-corrected chi connectivity index (χ0v) is 75.6. The number of benzene rings is 10. The number of aliphatic imine (C=N–C) groups is 2. The summed E-state index contributed by atoms with van der Waals surface area (Å²) >= 11 is 0. The van der Waals surface area contributed by atoms with Crippen molar-refractivity contribution in [1.29, 1.82) is 0 Å². The van der Waals surface area contributed by atoms with E-state index >= 15 is 0 Å². The molecule has 3 aliphatic carbocycles. The number of H-pyrrole nitrogens is 2. The van der Waals surface area contributed by atoms with E-state index in [-0.39, 0.29) is 47.8 Å². The smallest absolute Gasteiger partial charge is 0.407 e. The van der Waals surface area contributed by atoms with Gasteiger partial charge in [-0.2, -0.15) is 0 Å². The van der Waals surface area contributed by atoms with Gasteiger partial charge in [0.1, 0.15) is 29.8 Å². The van der Waals surface area contributed by atoms with E-state index in [0.717, 1.165) is 141 Å². The van der Waals surface area contributed by atoms with E-state index in [0.29, 0.717) is 43.0 Å². The third-order valence-electron chi connectivity index (χ3n) is 28.5. The number of aromatic amines is 2. The normalized spacial score (nSPS) is 20.8. The minimum absolute atomic E-state index is 0.0719. The van der Waals surface area contributed by atoms with Gasteiger partial charge in [-0.25, -0.2) is 33.9 Å². The molecule has 4 bridgehead atoms. The van der Waals surface area contributed by atoms with E-state index in [1.54, 1.807) is 44.2 Å². The molecule has 14 atom stereocenters. The van der Waals surface area contributed by atoms with Crippen molar-refractivity contribution in [2.75, 3.05) is 55.7 Å². The molecule has 7 N–H and O–H groups in total. The van der Waals surface area contributed by atoms with Crippen LogP contribution in [0.25, 0.3) is 87.9 Å². The number of hydrogen-bond acceptors (Lipinski definition) is 18. The number of rotatable bonds is 22. The van der Waals surface area contributed by atoms with Gasteiger partial charge in [-0.1, -0.05) is 152 Å². The third-order valence-corrected chi connectivity index (χ3v) is 28.5. The SMILES string of the molecule is COC(=O)N[C@@H](C(=O)O)c1ccccc1.COC(=O)N[C@H](C(=O)N1CCC[C@H]1C1=Nc2ccc3cc(-c4ccc5cc(-c6cnc([C@@H]7[C@H]8CC[C@H](C8)N7C(=O)[C@H](NC(=O)OC)c7ccccc7)[nH]6)ccc5c4)ccc3c2C1)[C@@H](C)OC.COC(=O)N[C@H](C(=O)N1CCC[C@H]1C1=Nc2ccc3cc(-c4ccc5cc(-c6cnc([C@H]7C[C@@H]8CC[C@H]7C8)[nH]6)ccc5c4)ccc3c2C1)[C@@H](C)OC. The Kier molecular flexibility index (Phi) is 26.1. The number of methoxy groups -OCH3 is 6. The topological polar surface area (TPSA) is 352 Å². The fraction of sp³-hybridized carbons (Fsp3) is 0.352. The lowest BCUT2D eigenvalue weighted by molar-refractivity contribution is -0.140. The van der Waals surface area contributed by atoms with Gasteiger partial charge in [0, 0.05) is 74.7 Å². The van der Waals surface area contributed by atoms with Gasteiger partial charge in [-0.3, -0.25) is 24.4 Å². The van der Waals surface area contributed by atoms with Crippen molar-refractivity contribution >= 4 is 114 Å². The van der Waals surface area contributed by atoms with Gasteiger partial charge in [0.2, 0.25) is 11.8 Å². The molecule has 133 heavy (non-hydrogen) atoms. The summed E-state index contributed by atoms with van der Waals surface area (Å²) in [5.74, 6) is 2.83. The predicted octanol–water partition coefficient (Wildman–Crippen LogP) is 18.1. The largest absolute Gasteiger partial charge is 0.479 e. The van der Waals surface area contributed by atoms with Crippen LogP contribution in [0.1, 0.15) is 142 Å². The first kappa shape index (κ1) is 89.5. The van der Waals surface area contributed by atoms with Gasteiger partial charge >= 0.3 is 30.3 Å². The van der Waals surface area contributed by atoms with Crippen LogP contribution in [0.15, 0.2) is 217 Å². The molecular weight excluding hydrogens is 1680 g/mol. The summed E-state index contributed by atoms with van der Waals surface area (Å²) in [7, 11) is 8.10. The number of aromatic nitrogens is 4. The summed E-state index contributed by atoms with van der Waals surface area (Å²) in [5.41, 5.74) is 16.1.